The second-order valence-electron chi connectivity index (χ2n) is 5.81. The Balaban J connectivity index is 1.56. The van der Waals surface area contributed by atoms with Gasteiger partial charge in [-0.3, -0.25) is 9.59 Å². The van der Waals surface area contributed by atoms with Crippen molar-refractivity contribution in [2.24, 2.45) is 0 Å². The molecule has 0 saturated carbocycles. The van der Waals surface area contributed by atoms with Gasteiger partial charge in [0.2, 0.25) is 5.91 Å². The molecule has 0 radical (unpaired) electrons. The van der Waals surface area contributed by atoms with Crippen LogP contribution in [-0.2, 0) is 11.2 Å². The first-order chi connectivity index (χ1) is 11.6. The first-order valence-electron chi connectivity index (χ1n) is 8.00. The smallest absolute Gasteiger partial charge is 0.253 e. The number of nitrogens with zero attached hydrogens (tertiary/aromatic N) is 2. The number of hydrogen-bond acceptors (Lipinski definition) is 2. The highest BCUT2D eigenvalue weighted by atomic mass is 19.1. The van der Waals surface area contributed by atoms with E-state index >= 15 is 0 Å². The summed E-state index contributed by atoms with van der Waals surface area (Å²) in [7, 11) is 0. The summed E-state index contributed by atoms with van der Waals surface area (Å²) in [4.78, 5) is 28.2. The predicted molar refractivity (Wildman–Crippen MR) is 89.0 cm³/mol. The van der Waals surface area contributed by atoms with E-state index in [1.54, 1.807) is 40.1 Å². The number of hydrogen-bond donors (Lipinski definition) is 0. The lowest BCUT2D eigenvalue weighted by Gasteiger charge is -2.35. The third-order valence-corrected chi connectivity index (χ3v) is 4.24. The van der Waals surface area contributed by atoms with E-state index in [0.717, 1.165) is 0 Å². The van der Waals surface area contributed by atoms with E-state index in [-0.39, 0.29) is 24.1 Å². The molecular formula is C19H19FN2O2. The molecule has 3 rings (SSSR count). The summed E-state index contributed by atoms with van der Waals surface area (Å²) in [6.07, 6.45) is 0.0549. The van der Waals surface area contributed by atoms with E-state index in [1.165, 1.54) is 6.07 Å². The van der Waals surface area contributed by atoms with Crippen LogP contribution in [0.4, 0.5) is 4.39 Å². The minimum absolute atomic E-state index is 0.0168. The molecule has 4 nitrogen and oxygen atoms in total. The van der Waals surface area contributed by atoms with Crippen LogP contribution in [-0.4, -0.2) is 47.8 Å². The van der Waals surface area contributed by atoms with Gasteiger partial charge in [0.05, 0.1) is 6.42 Å². The van der Waals surface area contributed by atoms with Crippen LogP contribution in [0.5, 0.6) is 0 Å². The van der Waals surface area contributed by atoms with Crippen molar-refractivity contribution in [1.82, 2.24) is 9.80 Å². The van der Waals surface area contributed by atoms with Crippen LogP contribution < -0.4 is 0 Å². The number of rotatable bonds is 3. The molecule has 5 heteroatoms. The fourth-order valence-electron chi connectivity index (χ4n) is 2.84. The van der Waals surface area contributed by atoms with Gasteiger partial charge in [-0.05, 0) is 23.8 Å². The molecule has 1 aliphatic heterocycles. The molecule has 2 aromatic rings. The standard InChI is InChI=1S/C19H19FN2O2/c20-17-9-5-4-8-16(17)14-18(23)21-10-12-22(13-11-21)19(24)15-6-2-1-3-7-15/h1-9H,10-14H2. The summed E-state index contributed by atoms with van der Waals surface area (Å²) in [5, 5.41) is 0. The van der Waals surface area contributed by atoms with Crippen LogP contribution in [0, 0.1) is 5.82 Å². The van der Waals surface area contributed by atoms with Crippen LogP contribution in [0.1, 0.15) is 15.9 Å². The molecule has 0 aromatic heterocycles. The maximum absolute atomic E-state index is 13.6. The van der Waals surface area contributed by atoms with Crippen molar-refractivity contribution in [2.45, 2.75) is 6.42 Å². The van der Waals surface area contributed by atoms with Gasteiger partial charge in [-0.1, -0.05) is 36.4 Å². The normalized spacial score (nSPS) is 14.5. The third-order valence-electron chi connectivity index (χ3n) is 4.24. The van der Waals surface area contributed by atoms with E-state index in [0.29, 0.717) is 37.3 Å². The van der Waals surface area contributed by atoms with Gasteiger partial charge in [0.25, 0.3) is 5.91 Å². The van der Waals surface area contributed by atoms with Crippen LogP contribution in [0.15, 0.2) is 54.6 Å². The molecule has 1 heterocycles. The van der Waals surface area contributed by atoms with Crippen LogP contribution in [0.25, 0.3) is 0 Å². The quantitative estimate of drug-likeness (QED) is 0.869. The number of piperazine rings is 1. The van der Waals surface area contributed by atoms with E-state index in [4.69, 9.17) is 0 Å². The zero-order valence-electron chi connectivity index (χ0n) is 13.3. The zero-order chi connectivity index (χ0) is 16.9. The molecule has 0 atom stereocenters. The Morgan fingerprint density at radius 1 is 0.833 bits per heavy atom. The van der Waals surface area contributed by atoms with Crippen molar-refractivity contribution in [3.63, 3.8) is 0 Å². The van der Waals surface area contributed by atoms with Crippen LogP contribution in [0.3, 0.4) is 0 Å². The number of halogens is 1. The Morgan fingerprint density at radius 2 is 1.42 bits per heavy atom. The monoisotopic (exact) mass is 326 g/mol. The number of benzene rings is 2. The number of carbonyl (C=O) groups excluding carboxylic acids is 2. The topological polar surface area (TPSA) is 40.6 Å². The Morgan fingerprint density at radius 3 is 2.08 bits per heavy atom. The summed E-state index contributed by atoms with van der Waals surface area (Å²) in [6.45, 7) is 1.95. The Bertz CT molecular complexity index is 725. The van der Waals surface area contributed by atoms with Crippen molar-refractivity contribution in [2.75, 3.05) is 26.2 Å². The molecule has 1 saturated heterocycles. The molecular weight excluding hydrogens is 307 g/mol. The Hall–Kier alpha value is -2.69. The fraction of sp³-hybridized carbons (Fsp3) is 0.263. The van der Waals surface area contributed by atoms with Crippen LogP contribution >= 0.6 is 0 Å². The largest absolute Gasteiger partial charge is 0.339 e. The molecule has 0 unspecified atom stereocenters. The van der Waals surface area contributed by atoms with E-state index in [9.17, 15) is 14.0 Å². The average Bonchev–Trinajstić information content (AvgIpc) is 2.64. The highest BCUT2D eigenvalue weighted by molar-refractivity contribution is 5.94. The maximum atomic E-state index is 13.6. The molecule has 0 aliphatic carbocycles. The highest BCUT2D eigenvalue weighted by Gasteiger charge is 2.25. The molecule has 124 valence electrons. The molecule has 2 amide bonds. The third kappa shape index (κ3) is 3.62. The summed E-state index contributed by atoms with van der Waals surface area (Å²) in [6, 6.07) is 15.4. The first-order valence-corrected chi connectivity index (χ1v) is 8.00. The summed E-state index contributed by atoms with van der Waals surface area (Å²) in [5.41, 5.74) is 1.06. The predicted octanol–water partition coefficient (Wildman–Crippen LogP) is 2.35. The second kappa shape index (κ2) is 7.25. The first kappa shape index (κ1) is 16.2. The lowest BCUT2D eigenvalue weighted by Crippen LogP contribution is -2.51. The van der Waals surface area contributed by atoms with E-state index in [1.807, 2.05) is 18.2 Å². The second-order valence-corrected chi connectivity index (χ2v) is 5.81. The molecule has 1 aliphatic rings. The van der Waals surface area contributed by atoms with Gasteiger partial charge < -0.3 is 9.80 Å². The number of amides is 2. The van der Waals surface area contributed by atoms with Gasteiger partial charge in [0, 0.05) is 31.7 Å². The van der Waals surface area contributed by atoms with Crippen molar-refractivity contribution in [3.8, 4) is 0 Å². The van der Waals surface area contributed by atoms with Crippen molar-refractivity contribution in [3.05, 3.63) is 71.5 Å². The molecule has 0 N–H and O–H groups in total. The summed E-state index contributed by atoms with van der Waals surface area (Å²) in [5.74, 6) is -0.479. The lowest BCUT2D eigenvalue weighted by atomic mass is 10.1. The maximum Gasteiger partial charge on any atom is 0.253 e. The minimum atomic E-state index is -0.358. The van der Waals surface area contributed by atoms with Crippen LogP contribution in [0.2, 0.25) is 0 Å². The SMILES string of the molecule is O=C(Cc1ccccc1F)N1CCN(C(=O)c2ccccc2)CC1. The molecule has 1 fully saturated rings. The van der Waals surface area contributed by atoms with Gasteiger partial charge in [-0.25, -0.2) is 4.39 Å². The Labute approximate surface area is 140 Å². The summed E-state index contributed by atoms with van der Waals surface area (Å²) >= 11 is 0. The van der Waals surface area contributed by atoms with E-state index in [2.05, 4.69) is 0 Å². The lowest BCUT2D eigenvalue weighted by molar-refractivity contribution is -0.132. The molecule has 24 heavy (non-hydrogen) atoms. The van der Waals surface area contributed by atoms with Gasteiger partial charge in [0.1, 0.15) is 5.82 Å². The van der Waals surface area contributed by atoms with Gasteiger partial charge in [-0.15, -0.1) is 0 Å². The van der Waals surface area contributed by atoms with Crippen molar-refractivity contribution in [1.29, 1.82) is 0 Å². The van der Waals surface area contributed by atoms with E-state index < -0.39 is 0 Å². The minimum Gasteiger partial charge on any atom is -0.339 e. The average molecular weight is 326 g/mol. The Kier molecular flexibility index (Phi) is 4.89. The molecule has 2 aromatic carbocycles. The van der Waals surface area contributed by atoms with Crippen molar-refractivity contribution < 1.29 is 14.0 Å². The van der Waals surface area contributed by atoms with Gasteiger partial charge >= 0.3 is 0 Å². The summed E-state index contributed by atoms with van der Waals surface area (Å²) < 4.78 is 13.6. The van der Waals surface area contributed by atoms with Gasteiger partial charge in [0.15, 0.2) is 0 Å². The number of carbonyl (C=O) groups is 2. The molecule has 0 spiro atoms. The zero-order valence-corrected chi connectivity index (χ0v) is 13.3. The molecule has 0 bridgehead atoms. The van der Waals surface area contributed by atoms with Gasteiger partial charge in [-0.2, -0.15) is 0 Å². The highest BCUT2D eigenvalue weighted by Crippen LogP contribution is 2.12. The van der Waals surface area contributed by atoms with Crippen molar-refractivity contribution >= 4 is 11.8 Å². The fourth-order valence-corrected chi connectivity index (χ4v) is 2.84.